The van der Waals surface area contributed by atoms with Gasteiger partial charge in [0.25, 0.3) is 0 Å². The van der Waals surface area contributed by atoms with Crippen LogP contribution >= 0.6 is 11.6 Å². The van der Waals surface area contributed by atoms with Gasteiger partial charge in [-0.25, -0.2) is 4.68 Å². The van der Waals surface area contributed by atoms with Gasteiger partial charge in [-0.1, -0.05) is 54.1 Å². The lowest BCUT2D eigenvalue weighted by molar-refractivity contribution is 0.689. The van der Waals surface area contributed by atoms with E-state index in [1.165, 1.54) is 18.2 Å². The molecular weight excluding hydrogens is 348 g/mol. The Morgan fingerprint density at radius 3 is 2.42 bits per heavy atom. The average molecular weight is 363 g/mol. The first-order valence-corrected chi connectivity index (χ1v) is 8.42. The van der Waals surface area contributed by atoms with E-state index in [1.54, 1.807) is 10.9 Å². The fraction of sp³-hybridized carbons (Fsp3) is 0.0526. The second-order valence-corrected chi connectivity index (χ2v) is 6.15. The summed E-state index contributed by atoms with van der Waals surface area (Å²) in [5.41, 5.74) is 3.90. The fourth-order valence-corrected chi connectivity index (χ4v) is 2.72. The average Bonchev–Trinajstić information content (AvgIpc) is 3.31. The maximum absolute atomic E-state index is 6.01. The van der Waals surface area contributed by atoms with Gasteiger partial charge in [0.15, 0.2) is 0 Å². The molecule has 0 N–H and O–H groups in total. The number of nitrogens with zero attached hydrogens (tertiary/aromatic N) is 6. The highest BCUT2D eigenvalue weighted by atomic mass is 35.5. The van der Waals surface area contributed by atoms with Crippen molar-refractivity contribution in [1.82, 2.24) is 24.7 Å². The molecular formula is C19H15ClN6. The van der Waals surface area contributed by atoms with Gasteiger partial charge in [-0.15, -0.1) is 10.2 Å². The first kappa shape index (κ1) is 16.2. The molecule has 0 unspecified atom stereocenters. The Kier molecular flexibility index (Phi) is 4.57. The monoisotopic (exact) mass is 362 g/mol. The van der Waals surface area contributed by atoms with Crippen LogP contribution in [0.5, 0.6) is 0 Å². The number of benzene rings is 2. The second kappa shape index (κ2) is 7.33. The van der Waals surface area contributed by atoms with Gasteiger partial charge in [0.05, 0.1) is 12.8 Å². The molecule has 0 atom stereocenters. The van der Waals surface area contributed by atoms with Crippen molar-refractivity contribution in [2.45, 2.75) is 6.54 Å². The van der Waals surface area contributed by atoms with E-state index in [4.69, 9.17) is 16.7 Å². The van der Waals surface area contributed by atoms with Crippen LogP contribution in [0, 0.1) is 0 Å². The molecule has 2 heterocycles. The highest BCUT2D eigenvalue weighted by molar-refractivity contribution is 6.30. The molecule has 26 heavy (non-hydrogen) atoms. The summed E-state index contributed by atoms with van der Waals surface area (Å²) in [5, 5.41) is 17.3. The van der Waals surface area contributed by atoms with Crippen molar-refractivity contribution in [3.8, 4) is 11.3 Å². The molecule has 0 radical (unpaired) electrons. The van der Waals surface area contributed by atoms with Gasteiger partial charge in [-0.2, -0.15) is 10.2 Å². The van der Waals surface area contributed by atoms with Crippen LogP contribution in [0.4, 0.5) is 0 Å². The molecule has 128 valence electrons. The Morgan fingerprint density at radius 1 is 0.962 bits per heavy atom. The third kappa shape index (κ3) is 3.70. The molecule has 0 saturated heterocycles. The van der Waals surface area contributed by atoms with Gasteiger partial charge in [0.1, 0.15) is 18.3 Å². The molecule has 6 nitrogen and oxygen atoms in total. The zero-order valence-electron chi connectivity index (χ0n) is 13.8. The summed E-state index contributed by atoms with van der Waals surface area (Å²) in [6.45, 7) is 0.682. The Morgan fingerprint density at radius 2 is 1.69 bits per heavy atom. The maximum atomic E-state index is 6.01. The molecule has 0 fully saturated rings. The molecule has 2 aromatic carbocycles. The fourth-order valence-electron chi connectivity index (χ4n) is 2.60. The van der Waals surface area contributed by atoms with E-state index < -0.39 is 0 Å². The minimum Gasteiger partial charge on any atom is -0.267 e. The van der Waals surface area contributed by atoms with E-state index in [0.717, 1.165) is 16.8 Å². The van der Waals surface area contributed by atoms with Crippen molar-refractivity contribution in [3.05, 3.63) is 89.6 Å². The van der Waals surface area contributed by atoms with Gasteiger partial charge < -0.3 is 0 Å². The predicted octanol–water partition coefficient (Wildman–Crippen LogP) is 3.73. The normalized spacial score (nSPS) is 11.3. The van der Waals surface area contributed by atoms with Crippen LogP contribution < -0.4 is 0 Å². The molecule has 0 amide bonds. The van der Waals surface area contributed by atoms with E-state index in [1.807, 2.05) is 53.3 Å². The second-order valence-electron chi connectivity index (χ2n) is 5.71. The van der Waals surface area contributed by atoms with E-state index >= 15 is 0 Å². The van der Waals surface area contributed by atoms with Crippen LogP contribution in [-0.2, 0) is 6.54 Å². The zero-order chi connectivity index (χ0) is 17.8. The van der Waals surface area contributed by atoms with Crippen molar-refractivity contribution in [2.24, 2.45) is 5.10 Å². The van der Waals surface area contributed by atoms with Crippen molar-refractivity contribution >= 4 is 17.8 Å². The Labute approximate surface area is 155 Å². The summed E-state index contributed by atoms with van der Waals surface area (Å²) in [4.78, 5) is 0. The quantitative estimate of drug-likeness (QED) is 0.508. The molecule has 4 rings (SSSR count). The number of halogens is 1. The molecule has 0 aliphatic heterocycles. The Balaban J connectivity index is 1.70. The molecule has 0 aliphatic rings. The first-order valence-electron chi connectivity index (χ1n) is 8.04. The topological polar surface area (TPSA) is 60.9 Å². The molecule has 2 aromatic heterocycles. The smallest absolute Gasteiger partial charge is 0.141 e. The van der Waals surface area contributed by atoms with E-state index in [-0.39, 0.29) is 0 Å². The van der Waals surface area contributed by atoms with Crippen LogP contribution in [0.2, 0.25) is 5.02 Å². The van der Waals surface area contributed by atoms with Crippen molar-refractivity contribution in [2.75, 3.05) is 0 Å². The lowest BCUT2D eigenvalue weighted by Gasteiger charge is -2.01. The summed E-state index contributed by atoms with van der Waals surface area (Å²) >= 11 is 6.01. The highest BCUT2D eigenvalue weighted by Gasteiger charge is 2.10. The molecule has 7 heteroatoms. The summed E-state index contributed by atoms with van der Waals surface area (Å²) in [6.07, 6.45) is 6.80. The van der Waals surface area contributed by atoms with Gasteiger partial charge in [-0.3, -0.25) is 4.68 Å². The number of hydrogen-bond acceptors (Lipinski definition) is 4. The van der Waals surface area contributed by atoms with E-state index in [9.17, 15) is 0 Å². The lowest BCUT2D eigenvalue weighted by atomic mass is 10.1. The third-order valence-corrected chi connectivity index (χ3v) is 4.08. The molecule has 0 bridgehead atoms. The summed E-state index contributed by atoms with van der Waals surface area (Å²) < 4.78 is 3.45. The lowest BCUT2D eigenvalue weighted by Crippen LogP contribution is -1.99. The molecule has 0 aliphatic carbocycles. The van der Waals surface area contributed by atoms with E-state index in [0.29, 0.717) is 11.6 Å². The molecule has 0 spiro atoms. The maximum Gasteiger partial charge on any atom is 0.141 e. The van der Waals surface area contributed by atoms with Gasteiger partial charge >= 0.3 is 0 Å². The van der Waals surface area contributed by atoms with E-state index in [2.05, 4.69) is 27.4 Å². The minimum absolute atomic E-state index is 0.682. The summed E-state index contributed by atoms with van der Waals surface area (Å²) in [7, 11) is 0. The number of hydrogen-bond donors (Lipinski definition) is 0. The predicted molar refractivity (Wildman–Crippen MR) is 101 cm³/mol. The highest BCUT2D eigenvalue weighted by Crippen LogP contribution is 2.23. The van der Waals surface area contributed by atoms with Crippen LogP contribution in [0.25, 0.3) is 11.3 Å². The Bertz CT molecular complexity index is 1000. The first-order chi connectivity index (χ1) is 12.8. The van der Waals surface area contributed by atoms with Crippen LogP contribution in [0.1, 0.15) is 11.1 Å². The minimum atomic E-state index is 0.682. The van der Waals surface area contributed by atoms with Crippen molar-refractivity contribution < 1.29 is 0 Å². The number of rotatable bonds is 5. The van der Waals surface area contributed by atoms with Gasteiger partial charge in [-0.05, 0) is 17.7 Å². The van der Waals surface area contributed by atoms with Crippen LogP contribution in [0.15, 0.2) is 78.6 Å². The third-order valence-electron chi connectivity index (χ3n) is 3.83. The van der Waals surface area contributed by atoms with Crippen molar-refractivity contribution in [3.63, 3.8) is 0 Å². The van der Waals surface area contributed by atoms with Crippen molar-refractivity contribution in [1.29, 1.82) is 0 Å². The van der Waals surface area contributed by atoms with Gasteiger partial charge in [0.2, 0.25) is 0 Å². The zero-order valence-corrected chi connectivity index (χ0v) is 14.5. The van der Waals surface area contributed by atoms with Crippen LogP contribution in [0.3, 0.4) is 0 Å². The Hall–Kier alpha value is -3.25. The molecule has 0 saturated carbocycles. The summed E-state index contributed by atoms with van der Waals surface area (Å²) in [6, 6.07) is 17.8. The summed E-state index contributed by atoms with van der Waals surface area (Å²) in [5.74, 6) is 0. The number of aromatic nitrogens is 5. The largest absolute Gasteiger partial charge is 0.267 e. The van der Waals surface area contributed by atoms with Crippen LogP contribution in [-0.4, -0.2) is 30.9 Å². The SMILES string of the molecule is Clc1ccc(-c2nn(Cc3ccccc3)cc2/C=N\n2cnnc2)cc1. The molecule has 4 aromatic rings. The standard InChI is InChI=1S/C19H15ClN6/c20-18-8-6-16(7-9-18)19-17(10-23-26-13-21-22-14-26)12-25(24-19)11-15-4-2-1-3-5-15/h1-10,12-14H,11H2/b23-10-. The van der Waals surface area contributed by atoms with Gasteiger partial charge in [0, 0.05) is 22.3 Å².